The highest BCUT2D eigenvalue weighted by Gasteiger charge is 2.50. The standard InChI is InChI=1S/C61H41N/c1-3-16-42(17-4-1)44-30-36-47(37-31-44)62(48-38-32-45(33-39-48)43-18-5-2-6-19-43)49-40-34-46(35-41-49)50-25-15-26-56-55-24-11-14-29-59(55)61(60(50)56)57-27-12-9-22-53(57)51-20-7-8-21-52(51)54-23-10-13-28-58(54)61/h1-41H. The summed E-state index contributed by atoms with van der Waals surface area (Å²) in [5, 5.41) is 0. The van der Waals surface area contributed by atoms with E-state index in [0.29, 0.717) is 0 Å². The molecule has 290 valence electrons. The lowest BCUT2D eigenvalue weighted by atomic mass is 9.64. The number of hydrogen-bond donors (Lipinski definition) is 0. The van der Waals surface area contributed by atoms with Crippen LogP contribution in [-0.2, 0) is 5.41 Å². The summed E-state index contributed by atoms with van der Waals surface area (Å²) < 4.78 is 0. The minimum atomic E-state index is -0.555. The maximum absolute atomic E-state index is 2.38. The molecule has 2 aliphatic rings. The van der Waals surface area contributed by atoms with Crippen LogP contribution in [0.4, 0.5) is 17.1 Å². The minimum Gasteiger partial charge on any atom is -0.311 e. The third kappa shape index (κ3) is 5.56. The Bertz CT molecular complexity index is 3100. The molecular formula is C61H41N. The van der Waals surface area contributed by atoms with Crippen LogP contribution in [-0.4, -0.2) is 0 Å². The van der Waals surface area contributed by atoms with E-state index in [1.165, 1.54) is 89.0 Å². The van der Waals surface area contributed by atoms with Gasteiger partial charge in [0.15, 0.2) is 0 Å². The van der Waals surface area contributed by atoms with Gasteiger partial charge in [-0.15, -0.1) is 0 Å². The quantitative estimate of drug-likeness (QED) is 0.162. The molecule has 0 saturated heterocycles. The monoisotopic (exact) mass is 787 g/mol. The topological polar surface area (TPSA) is 3.24 Å². The number of rotatable bonds is 6. The van der Waals surface area contributed by atoms with Crippen LogP contribution in [0.15, 0.2) is 249 Å². The van der Waals surface area contributed by atoms with E-state index in [2.05, 4.69) is 254 Å². The molecule has 10 aromatic carbocycles. The molecule has 1 heteroatoms. The van der Waals surface area contributed by atoms with Gasteiger partial charge in [-0.1, -0.05) is 212 Å². The van der Waals surface area contributed by atoms with Crippen LogP contribution < -0.4 is 4.90 Å². The molecule has 12 rings (SSSR count). The highest BCUT2D eigenvalue weighted by Crippen LogP contribution is 2.63. The molecule has 0 heterocycles. The van der Waals surface area contributed by atoms with Gasteiger partial charge in [-0.05, 0) is 125 Å². The van der Waals surface area contributed by atoms with Gasteiger partial charge >= 0.3 is 0 Å². The molecule has 2 aliphatic carbocycles. The highest BCUT2D eigenvalue weighted by molar-refractivity contribution is 6.00. The molecule has 0 atom stereocenters. The maximum atomic E-state index is 2.38. The average molecular weight is 788 g/mol. The van der Waals surface area contributed by atoms with Crippen molar-refractivity contribution in [3.8, 4) is 66.8 Å². The largest absolute Gasteiger partial charge is 0.311 e. The van der Waals surface area contributed by atoms with Crippen molar-refractivity contribution < 1.29 is 0 Å². The number of hydrogen-bond acceptors (Lipinski definition) is 1. The van der Waals surface area contributed by atoms with E-state index in [9.17, 15) is 0 Å². The fourth-order valence-corrected chi connectivity index (χ4v) is 10.5. The van der Waals surface area contributed by atoms with Gasteiger partial charge < -0.3 is 4.90 Å². The van der Waals surface area contributed by atoms with Crippen molar-refractivity contribution in [1.29, 1.82) is 0 Å². The van der Waals surface area contributed by atoms with Crippen LogP contribution in [0.2, 0.25) is 0 Å². The smallest absolute Gasteiger partial charge is 0.0731 e. The zero-order valence-corrected chi connectivity index (χ0v) is 34.1. The molecule has 0 aromatic heterocycles. The lowest BCUT2D eigenvalue weighted by Gasteiger charge is -2.36. The minimum absolute atomic E-state index is 0.555. The van der Waals surface area contributed by atoms with Crippen molar-refractivity contribution in [1.82, 2.24) is 0 Å². The second-order valence-electron chi connectivity index (χ2n) is 16.4. The van der Waals surface area contributed by atoms with Crippen LogP contribution in [0.25, 0.3) is 66.8 Å². The summed E-state index contributed by atoms with van der Waals surface area (Å²) in [5.41, 5.74) is 23.0. The first kappa shape index (κ1) is 35.9. The molecule has 1 spiro atoms. The lowest BCUT2D eigenvalue weighted by molar-refractivity contribution is 0.777. The third-order valence-corrected chi connectivity index (χ3v) is 13.1. The van der Waals surface area contributed by atoms with Crippen LogP contribution in [0.5, 0.6) is 0 Å². The van der Waals surface area contributed by atoms with Crippen LogP contribution in [0.1, 0.15) is 22.3 Å². The Morgan fingerprint density at radius 3 is 0.952 bits per heavy atom. The first-order chi connectivity index (χ1) is 30.8. The van der Waals surface area contributed by atoms with Crippen molar-refractivity contribution in [3.05, 3.63) is 271 Å². The molecule has 0 saturated carbocycles. The van der Waals surface area contributed by atoms with Crippen molar-refractivity contribution in [2.75, 3.05) is 4.90 Å². The summed E-state index contributed by atoms with van der Waals surface area (Å²) in [7, 11) is 0. The summed E-state index contributed by atoms with van der Waals surface area (Å²) >= 11 is 0. The predicted octanol–water partition coefficient (Wildman–Crippen LogP) is 16.2. The van der Waals surface area contributed by atoms with Gasteiger partial charge in [-0.25, -0.2) is 0 Å². The average Bonchev–Trinajstić information content (AvgIpc) is 3.60. The number of anilines is 3. The molecule has 62 heavy (non-hydrogen) atoms. The SMILES string of the molecule is c1ccc(-c2ccc(N(c3ccc(-c4ccccc4)cc3)c3ccc(-c4cccc5c4C4(c6ccccc6-c6ccccc6-c6ccccc64)c4ccccc4-5)cc3)cc2)cc1. The molecule has 0 unspecified atom stereocenters. The third-order valence-electron chi connectivity index (χ3n) is 13.1. The maximum Gasteiger partial charge on any atom is 0.0731 e. The normalized spacial score (nSPS) is 12.6. The van der Waals surface area contributed by atoms with E-state index in [1.54, 1.807) is 0 Å². The van der Waals surface area contributed by atoms with Gasteiger partial charge in [0.25, 0.3) is 0 Å². The van der Waals surface area contributed by atoms with E-state index in [4.69, 9.17) is 0 Å². The summed E-state index contributed by atoms with van der Waals surface area (Å²) in [5.74, 6) is 0. The van der Waals surface area contributed by atoms with E-state index in [0.717, 1.165) is 17.1 Å². The van der Waals surface area contributed by atoms with Gasteiger partial charge in [-0.3, -0.25) is 0 Å². The van der Waals surface area contributed by atoms with Gasteiger partial charge in [0.05, 0.1) is 5.41 Å². The molecule has 1 nitrogen and oxygen atoms in total. The second-order valence-corrected chi connectivity index (χ2v) is 16.4. The van der Waals surface area contributed by atoms with Crippen molar-refractivity contribution in [3.63, 3.8) is 0 Å². The summed E-state index contributed by atoms with van der Waals surface area (Å²) in [6.07, 6.45) is 0. The van der Waals surface area contributed by atoms with Crippen LogP contribution in [0.3, 0.4) is 0 Å². The van der Waals surface area contributed by atoms with Crippen molar-refractivity contribution in [2.24, 2.45) is 0 Å². The molecule has 0 amide bonds. The van der Waals surface area contributed by atoms with Crippen molar-refractivity contribution in [2.45, 2.75) is 5.41 Å². The highest BCUT2D eigenvalue weighted by atomic mass is 15.1. The van der Waals surface area contributed by atoms with Crippen molar-refractivity contribution >= 4 is 17.1 Å². The number of nitrogens with zero attached hydrogens (tertiary/aromatic N) is 1. The first-order valence-corrected chi connectivity index (χ1v) is 21.5. The Labute approximate surface area is 363 Å². The number of benzene rings is 10. The molecule has 0 N–H and O–H groups in total. The fourth-order valence-electron chi connectivity index (χ4n) is 10.5. The van der Waals surface area contributed by atoms with E-state index < -0.39 is 5.41 Å². The molecule has 10 aromatic rings. The van der Waals surface area contributed by atoms with Gasteiger partial charge in [0, 0.05) is 17.1 Å². The Morgan fingerprint density at radius 2 is 0.516 bits per heavy atom. The first-order valence-electron chi connectivity index (χ1n) is 21.5. The molecule has 0 radical (unpaired) electrons. The van der Waals surface area contributed by atoms with Gasteiger partial charge in [-0.2, -0.15) is 0 Å². The van der Waals surface area contributed by atoms with E-state index in [-0.39, 0.29) is 0 Å². The molecule has 0 bridgehead atoms. The zero-order chi connectivity index (χ0) is 41.0. The van der Waals surface area contributed by atoms with Crippen LogP contribution in [0, 0.1) is 0 Å². The Hall–Kier alpha value is -8.00. The Morgan fingerprint density at radius 1 is 0.210 bits per heavy atom. The molecule has 0 aliphatic heterocycles. The summed E-state index contributed by atoms with van der Waals surface area (Å²) in [6.45, 7) is 0. The van der Waals surface area contributed by atoms with Gasteiger partial charge in [0.1, 0.15) is 0 Å². The summed E-state index contributed by atoms with van der Waals surface area (Å²) in [6, 6.07) is 91.6. The van der Waals surface area contributed by atoms with E-state index in [1.807, 2.05) is 0 Å². The Balaban J connectivity index is 1.03. The van der Waals surface area contributed by atoms with Gasteiger partial charge in [0.2, 0.25) is 0 Å². The number of fused-ring (bicyclic) bond motifs is 12. The fraction of sp³-hybridized carbons (Fsp3) is 0.0164. The van der Waals surface area contributed by atoms with E-state index >= 15 is 0 Å². The molecular weight excluding hydrogens is 747 g/mol. The summed E-state index contributed by atoms with van der Waals surface area (Å²) in [4.78, 5) is 2.37. The zero-order valence-electron chi connectivity index (χ0n) is 34.1. The predicted molar refractivity (Wildman–Crippen MR) is 259 cm³/mol. The van der Waals surface area contributed by atoms with Crippen LogP contribution >= 0.6 is 0 Å². The lowest BCUT2D eigenvalue weighted by Crippen LogP contribution is -2.30. The molecule has 0 fully saturated rings. The Kier molecular flexibility index (Phi) is 8.47. The second kappa shape index (κ2) is 14.6.